The lowest BCUT2D eigenvalue weighted by Crippen LogP contribution is -2.42. The smallest absolute Gasteiger partial charge is 0.271 e. The Morgan fingerprint density at radius 3 is 2.78 bits per heavy atom. The van der Waals surface area contributed by atoms with E-state index >= 15 is 0 Å². The Kier molecular flexibility index (Phi) is 5.42. The zero-order valence-corrected chi connectivity index (χ0v) is 17.8. The number of rotatable bonds is 6. The largest absolute Gasteiger partial charge is 0.390 e. The van der Waals surface area contributed by atoms with Crippen LogP contribution in [0.25, 0.3) is 16.9 Å². The minimum absolute atomic E-state index is 0.166. The molecule has 0 aliphatic carbocycles. The van der Waals surface area contributed by atoms with E-state index in [-0.39, 0.29) is 18.1 Å². The predicted molar refractivity (Wildman–Crippen MR) is 119 cm³/mol. The number of aliphatic hydroxyl groups excluding tert-OH is 1. The maximum atomic E-state index is 12.6. The van der Waals surface area contributed by atoms with Crippen LogP contribution in [0.3, 0.4) is 0 Å². The monoisotopic (exact) mass is 431 g/mol. The lowest BCUT2D eigenvalue weighted by atomic mass is 10.00. The normalized spacial score (nSPS) is 14.9. The summed E-state index contributed by atoms with van der Waals surface area (Å²) in [6.45, 7) is 2.40. The number of imidazole rings is 1. The fraction of sp³-hybridized carbons (Fsp3) is 0.304. The molecule has 0 unspecified atom stereocenters. The van der Waals surface area contributed by atoms with Crippen molar-refractivity contribution in [2.45, 2.75) is 19.1 Å². The topological polar surface area (TPSA) is 101 Å². The minimum atomic E-state index is -0.656. The number of benzene rings is 1. The molecule has 1 aliphatic heterocycles. The van der Waals surface area contributed by atoms with Gasteiger partial charge in [0.2, 0.25) is 5.78 Å². The molecule has 3 aromatic heterocycles. The number of carbonyl (C=O) groups excluding carboxylic acids is 1. The molecule has 0 spiro atoms. The quantitative estimate of drug-likeness (QED) is 0.477. The lowest BCUT2D eigenvalue weighted by molar-refractivity contribution is 0.0838. The van der Waals surface area contributed by atoms with Crippen molar-refractivity contribution >= 4 is 11.7 Å². The van der Waals surface area contributed by atoms with Gasteiger partial charge in [-0.2, -0.15) is 5.10 Å². The van der Waals surface area contributed by atoms with Gasteiger partial charge >= 0.3 is 0 Å². The summed E-state index contributed by atoms with van der Waals surface area (Å²) in [6, 6.07) is 8.40. The van der Waals surface area contributed by atoms with Gasteiger partial charge in [-0.15, -0.1) is 0 Å². The molecule has 1 aromatic carbocycles. The summed E-state index contributed by atoms with van der Waals surface area (Å²) in [5.41, 5.74) is 4.76. The summed E-state index contributed by atoms with van der Waals surface area (Å²) >= 11 is 0. The summed E-state index contributed by atoms with van der Waals surface area (Å²) in [7, 11) is 1.85. The Morgan fingerprint density at radius 1 is 1.16 bits per heavy atom. The third kappa shape index (κ3) is 4.25. The maximum Gasteiger partial charge on any atom is 0.271 e. The molecule has 32 heavy (non-hydrogen) atoms. The van der Waals surface area contributed by atoms with Crippen LogP contribution in [0.2, 0.25) is 0 Å². The molecule has 0 fully saturated rings. The highest BCUT2D eigenvalue weighted by atomic mass is 16.3. The fourth-order valence-corrected chi connectivity index (χ4v) is 4.09. The summed E-state index contributed by atoms with van der Waals surface area (Å²) in [5.74, 6) is 0.108. The highest BCUT2D eigenvalue weighted by molar-refractivity contribution is 5.92. The summed E-state index contributed by atoms with van der Waals surface area (Å²) in [5, 5.41) is 17.4. The van der Waals surface area contributed by atoms with E-state index in [0.717, 1.165) is 30.6 Å². The number of amides is 1. The van der Waals surface area contributed by atoms with Crippen LogP contribution in [0, 0.1) is 0 Å². The number of nitrogens with zero attached hydrogens (tertiary/aromatic N) is 6. The van der Waals surface area contributed by atoms with Gasteiger partial charge in [-0.3, -0.25) is 18.8 Å². The molecule has 5 rings (SSSR count). The van der Waals surface area contributed by atoms with Gasteiger partial charge in [0.1, 0.15) is 5.69 Å². The van der Waals surface area contributed by atoms with Gasteiger partial charge < -0.3 is 10.4 Å². The molecule has 9 heteroatoms. The third-order valence-electron chi connectivity index (χ3n) is 5.76. The zero-order valence-electron chi connectivity index (χ0n) is 17.8. The molecule has 1 amide bonds. The number of β-amino-alcohol motifs (C(OH)–C–C–N with tert-alkyl or cyclic N) is 1. The van der Waals surface area contributed by atoms with Gasteiger partial charge in [0.05, 0.1) is 12.3 Å². The molecule has 4 heterocycles. The van der Waals surface area contributed by atoms with Crippen LogP contribution in [-0.2, 0) is 20.0 Å². The van der Waals surface area contributed by atoms with Crippen LogP contribution in [0.15, 0.2) is 55.2 Å². The molecular weight excluding hydrogens is 406 g/mol. The van der Waals surface area contributed by atoms with Gasteiger partial charge in [-0.25, -0.2) is 9.97 Å². The van der Waals surface area contributed by atoms with E-state index < -0.39 is 6.10 Å². The SMILES string of the molecule is Cn1cc(-c2cnc3nc(C(=O)NC[C@H](O)CN4CCc5ccccc5C4)cn3c2)cn1. The first-order valence-electron chi connectivity index (χ1n) is 10.6. The molecule has 0 radical (unpaired) electrons. The molecule has 0 bridgehead atoms. The second kappa shape index (κ2) is 8.52. The molecular formula is C23H25N7O2. The highest BCUT2D eigenvalue weighted by Crippen LogP contribution is 2.19. The van der Waals surface area contributed by atoms with Crippen LogP contribution in [0.5, 0.6) is 0 Å². The molecule has 164 valence electrons. The standard InChI is InChI=1S/C23H25N7O2/c1-28-11-19(9-26-28)18-8-25-23-27-21(15-30(23)13-18)22(32)24-10-20(31)14-29-7-6-16-4-2-3-5-17(16)12-29/h2-5,8-9,11,13,15,20,31H,6-7,10,12,14H2,1H3,(H,24,32)/t20-/m0/s1. The number of nitrogens with one attached hydrogen (secondary N) is 1. The van der Waals surface area contributed by atoms with Gasteiger partial charge in [0, 0.05) is 69.1 Å². The second-order valence-corrected chi connectivity index (χ2v) is 8.20. The molecule has 2 N–H and O–H groups in total. The average Bonchev–Trinajstić information content (AvgIpc) is 3.43. The number of hydrogen-bond donors (Lipinski definition) is 2. The number of aromatic nitrogens is 5. The van der Waals surface area contributed by atoms with Crippen molar-refractivity contribution in [3.63, 3.8) is 0 Å². The van der Waals surface area contributed by atoms with E-state index in [9.17, 15) is 9.90 Å². The van der Waals surface area contributed by atoms with Crippen LogP contribution in [-0.4, -0.2) is 65.8 Å². The van der Waals surface area contributed by atoms with Crippen molar-refractivity contribution in [2.75, 3.05) is 19.6 Å². The van der Waals surface area contributed by atoms with Crippen molar-refractivity contribution in [1.82, 2.24) is 34.4 Å². The first-order chi connectivity index (χ1) is 15.5. The predicted octanol–water partition coefficient (Wildman–Crippen LogP) is 1.28. The van der Waals surface area contributed by atoms with Gasteiger partial charge in [-0.05, 0) is 17.5 Å². The first kappa shape index (κ1) is 20.3. The van der Waals surface area contributed by atoms with E-state index in [2.05, 4.69) is 43.5 Å². The van der Waals surface area contributed by atoms with Gasteiger partial charge in [-0.1, -0.05) is 24.3 Å². The summed E-state index contributed by atoms with van der Waals surface area (Å²) < 4.78 is 3.44. The fourth-order valence-electron chi connectivity index (χ4n) is 4.09. The number of hydrogen-bond acceptors (Lipinski definition) is 6. The van der Waals surface area contributed by atoms with Gasteiger partial charge in [0.15, 0.2) is 0 Å². The van der Waals surface area contributed by atoms with Gasteiger partial charge in [0.25, 0.3) is 5.91 Å². The Labute approximate surface area is 185 Å². The zero-order chi connectivity index (χ0) is 22.1. The Balaban J connectivity index is 1.18. The third-order valence-corrected chi connectivity index (χ3v) is 5.76. The van der Waals surface area contributed by atoms with Crippen LogP contribution >= 0.6 is 0 Å². The lowest BCUT2D eigenvalue weighted by Gasteiger charge is -2.30. The molecule has 9 nitrogen and oxygen atoms in total. The molecule has 1 atom stereocenters. The Bertz CT molecular complexity index is 1260. The Morgan fingerprint density at radius 2 is 1.97 bits per heavy atom. The second-order valence-electron chi connectivity index (χ2n) is 8.20. The number of aliphatic hydroxyl groups is 1. The van der Waals surface area contributed by atoms with E-state index in [1.807, 2.05) is 25.5 Å². The average molecular weight is 432 g/mol. The van der Waals surface area contributed by atoms with E-state index in [1.165, 1.54) is 11.1 Å². The molecule has 4 aromatic rings. The van der Waals surface area contributed by atoms with Crippen molar-refractivity contribution < 1.29 is 9.90 Å². The van der Waals surface area contributed by atoms with E-state index in [4.69, 9.17) is 0 Å². The highest BCUT2D eigenvalue weighted by Gasteiger charge is 2.19. The van der Waals surface area contributed by atoms with E-state index in [0.29, 0.717) is 12.3 Å². The maximum absolute atomic E-state index is 12.6. The number of carbonyl (C=O) groups is 1. The van der Waals surface area contributed by atoms with Crippen LogP contribution < -0.4 is 5.32 Å². The number of fused-ring (bicyclic) bond motifs is 2. The first-order valence-corrected chi connectivity index (χ1v) is 10.6. The van der Waals surface area contributed by atoms with Crippen molar-refractivity contribution in [3.05, 3.63) is 72.1 Å². The molecule has 0 saturated carbocycles. The molecule has 0 saturated heterocycles. The van der Waals surface area contributed by atoms with Crippen molar-refractivity contribution in [1.29, 1.82) is 0 Å². The van der Waals surface area contributed by atoms with Crippen LogP contribution in [0.1, 0.15) is 21.6 Å². The van der Waals surface area contributed by atoms with Crippen molar-refractivity contribution in [2.24, 2.45) is 7.05 Å². The Hall–Kier alpha value is -3.56. The van der Waals surface area contributed by atoms with Crippen molar-refractivity contribution in [3.8, 4) is 11.1 Å². The summed E-state index contributed by atoms with van der Waals surface area (Å²) in [4.78, 5) is 23.4. The molecule has 1 aliphatic rings. The van der Waals surface area contributed by atoms with Crippen LogP contribution in [0.4, 0.5) is 0 Å². The minimum Gasteiger partial charge on any atom is -0.390 e. The summed E-state index contributed by atoms with van der Waals surface area (Å²) in [6.07, 6.45) is 9.20. The van der Waals surface area contributed by atoms with E-state index in [1.54, 1.807) is 27.7 Å². The number of aryl methyl sites for hydroxylation is 1.